The Morgan fingerprint density at radius 1 is 0.889 bits per heavy atom. The maximum Gasteiger partial charge on any atom is 0.308 e. The van der Waals surface area contributed by atoms with Crippen LogP contribution in [0.15, 0.2) is 23.8 Å². The van der Waals surface area contributed by atoms with Crippen LogP contribution in [-0.2, 0) is 42.7 Å². The van der Waals surface area contributed by atoms with Crippen LogP contribution in [-0.4, -0.2) is 156 Å². The molecule has 0 aliphatic carbocycles. The second-order valence-corrected chi connectivity index (χ2v) is 16.5. The Balaban J connectivity index is 1.96. The average Bonchev–Trinajstić information content (AvgIpc) is 3.12. The number of allylic oxidation sites excluding steroid dienone is 3. The van der Waals surface area contributed by atoms with E-state index in [9.17, 15) is 30.0 Å². The lowest BCUT2D eigenvalue weighted by Gasteiger charge is -2.46. The summed E-state index contributed by atoms with van der Waals surface area (Å²) in [4.78, 5) is 28.9. The van der Waals surface area contributed by atoms with Gasteiger partial charge in [-0.15, -0.1) is 0 Å². The first-order valence-electron chi connectivity index (χ1n) is 19.2. The van der Waals surface area contributed by atoms with E-state index >= 15 is 0 Å². The van der Waals surface area contributed by atoms with Crippen molar-refractivity contribution >= 4 is 34.3 Å². The highest BCUT2D eigenvalue weighted by Gasteiger charge is 2.48. The number of ketones is 1. The number of cyclic esters (lactones) is 1. The zero-order valence-corrected chi connectivity index (χ0v) is 35.7. The number of aliphatic hydroxyl groups is 4. The summed E-state index contributed by atoms with van der Waals surface area (Å²) in [7, 11) is 6.49. The average molecular weight is 884 g/mol. The predicted octanol–water partition coefficient (Wildman–Crippen LogP) is 2.80. The number of ether oxygens (including phenoxy) is 7. The van der Waals surface area contributed by atoms with E-state index in [0.29, 0.717) is 19.3 Å². The summed E-state index contributed by atoms with van der Waals surface area (Å²) in [6.45, 7) is 10.9. The second kappa shape index (κ2) is 22.2. The molecule has 14 nitrogen and oxygen atoms in total. The SMILES string of the molecule is CC[C@H]1OC(=O)C[C@@H](O)[C@H](C)[C@@H](O[C@@H]2O[C@H](C)[C@@H](O)[C@H](N(C)C)[C@H]2O)[C@@H](CCI)C[C@@H](C)C(=O)/C=C/C(C)=C/[C@@H]1CO[C@@H]1O[C@H](C)[C@@H](O)[C@@H](OC)[C@H]1OC. The quantitative estimate of drug-likeness (QED) is 0.135. The third-order valence-corrected chi connectivity index (χ3v) is 11.8. The number of carbonyl (C=O) groups is 2. The molecule has 0 amide bonds. The van der Waals surface area contributed by atoms with Crippen molar-refractivity contribution in [2.75, 3.05) is 39.3 Å². The van der Waals surface area contributed by atoms with Gasteiger partial charge in [0, 0.05) is 32.0 Å². The smallest absolute Gasteiger partial charge is 0.308 e. The molecule has 3 aliphatic heterocycles. The fraction of sp³-hybridized carbons (Fsp3) is 0.846. The van der Waals surface area contributed by atoms with Crippen molar-refractivity contribution < 1.29 is 63.2 Å². The van der Waals surface area contributed by atoms with E-state index in [1.807, 2.05) is 26.8 Å². The van der Waals surface area contributed by atoms with Crippen molar-refractivity contribution in [1.29, 1.82) is 0 Å². The second-order valence-electron chi connectivity index (χ2n) is 15.4. The third-order valence-electron chi connectivity index (χ3n) is 11.2. The first-order chi connectivity index (χ1) is 25.5. The molecule has 312 valence electrons. The van der Waals surface area contributed by atoms with Gasteiger partial charge in [0.05, 0.1) is 49.6 Å². The number of hydrogen-bond acceptors (Lipinski definition) is 14. The van der Waals surface area contributed by atoms with E-state index in [1.165, 1.54) is 14.2 Å². The lowest BCUT2D eigenvalue weighted by atomic mass is 9.80. The third kappa shape index (κ3) is 12.2. The molecular formula is C39H66INO13. The Labute approximate surface area is 335 Å². The number of esters is 1. The van der Waals surface area contributed by atoms with E-state index < -0.39 is 103 Å². The maximum absolute atomic E-state index is 13.6. The van der Waals surface area contributed by atoms with Crippen LogP contribution >= 0.6 is 22.6 Å². The molecule has 0 saturated carbocycles. The highest BCUT2D eigenvalue weighted by atomic mass is 127. The van der Waals surface area contributed by atoms with Crippen LogP contribution in [0.4, 0.5) is 0 Å². The number of methoxy groups -OCH3 is 2. The topological polar surface area (TPSA) is 183 Å². The predicted molar refractivity (Wildman–Crippen MR) is 209 cm³/mol. The lowest BCUT2D eigenvalue weighted by Crippen LogP contribution is -2.63. The van der Waals surface area contributed by atoms with Crippen LogP contribution in [0.3, 0.4) is 0 Å². The van der Waals surface area contributed by atoms with Crippen LogP contribution in [0.2, 0.25) is 0 Å². The van der Waals surface area contributed by atoms with E-state index in [4.69, 9.17) is 33.2 Å². The molecule has 15 heteroatoms. The molecule has 3 aliphatic rings. The normalized spacial score (nSPS) is 43.7. The molecule has 2 saturated heterocycles. The van der Waals surface area contributed by atoms with Crippen molar-refractivity contribution in [1.82, 2.24) is 4.90 Å². The van der Waals surface area contributed by atoms with E-state index in [-0.39, 0.29) is 24.7 Å². The monoisotopic (exact) mass is 883 g/mol. The number of aliphatic hydroxyl groups excluding tert-OH is 4. The highest BCUT2D eigenvalue weighted by molar-refractivity contribution is 14.1. The number of halogens is 1. The molecule has 0 aromatic heterocycles. The van der Waals surface area contributed by atoms with Crippen molar-refractivity contribution in [3.63, 3.8) is 0 Å². The van der Waals surface area contributed by atoms with Gasteiger partial charge >= 0.3 is 5.97 Å². The van der Waals surface area contributed by atoms with Gasteiger partial charge in [-0.05, 0) is 70.6 Å². The lowest BCUT2D eigenvalue weighted by molar-refractivity contribution is -0.304. The van der Waals surface area contributed by atoms with Crippen LogP contribution in [0.25, 0.3) is 0 Å². The molecule has 3 rings (SSSR count). The fourth-order valence-electron chi connectivity index (χ4n) is 7.83. The molecule has 0 aromatic rings. The fourth-order valence-corrected chi connectivity index (χ4v) is 8.63. The minimum atomic E-state index is -1.21. The molecule has 3 heterocycles. The summed E-state index contributed by atoms with van der Waals surface area (Å²) in [5.41, 5.74) is 0.756. The molecular weight excluding hydrogens is 817 g/mol. The number of likely N-dealkylation sites (N-methyl/N-ethyl adjacent to an activating group) is 1. The van der Waals surface area contributed by atoms with Crippen molar-refractivity contribution in [2.24, 2.45) is 23.7 Å². The molecule has 17 atom stereocenters. The Morgan fingerprint density at radius 3 is 2.11 bits per heavy atom. The van der Waals surface area contributed by atoms with Gasteiger partial charge in [0.2, 0.25) is 0 Å². The number of carbonyl (C=O) groups excluding carboxylic acids is 2. The first-order valence-corrected chi connectivity index (χ1v) is 20.7. The van der Waals surface area contributed by atoms with Gasteiger partial charge in [-0.3, -0.25) is 9.59 Å². The standard InChI is InChI=1S/C39H66INO13/c1-11-29-26(19-50-39-37(49-10)36(48-9)33(46)24(6)52-39)16-20(2)12-13-27(42)21(3)17-25(14-15-40)35(22(4)28(43)18-30(44)53-29)54-38-34(47)31(41(7)8)32(45)23(5)51-38/h12-13,16,21-26,28-29,31-39,43,45-47H,11,14-15,17-19H2,1-10H3/b13-12+,20-16+/t21-,22+,23-,24-,25+,26-,28-,29-,31+,32-,33-,34-,35-,36-,37-,38+,39-/m1/s1. The first kappa shape index (κ1) is 47.3. The van der Waals surface area contributed by atoms with Gasteiger partial charge in [-0.25, -0.2) is 0 Å². The van der Waals surface area contributed by atoms with Crippen LogP contribution in [0.5, 0.6) is 0 Å². The van der Waals surface area contributed by atoms with Crippen LogP contribution < -0.4 is 0 Å². The Bertz CT molecular complexity index is 1240. The van der Waals surface area contributed by atoms with Gasteiger partial charge in [0.15, 0.2) is 18.4 Å². The van der Waals surface area contributed by atoms with E-state index in [1.54, 1.807) is 51.9 Å². The van der Waals surface area contributed by atoms with Gasteiger partial charge in [0.1, 0.15) is 30.5 Å². The zero-order valence-electron chi connectivity index (χ0n) is 33.6. The highest BCUT2D eigenvalue weighted by Crippen LogP contribution is 2.35. The van der Waals surface area contributed by atoms with Gasteiger partial charge in [-0.2, -0.15) is 0 Å². The molecule has 4 N–H and O–H groups in total. The van der Waals surface area contributed by atoms with Crippen molar-refractivity contribution in [3.05, 3.63) is 23.8 Å². The molecule has 0 bridgehead atoms. The van der Waals surface area contributed by atoms with Gasteiger partial charge in [0.25, 0.3) is 0 Å². The summed E-state index contributed by atoms with van der Waals surface area (Å²) in [6, 6.07) is -0.672. The minimum Gasteiger partial charge on any atom is -0.462 e. The van der Waals surface area contributed by atoms with Crippen LogP contribution in [0, 0.1) is 23.7 Å². The maximum atomic E-state index is 13.6. The number of hydrogen-bond donors (Lipinski definition) is 4. The number of rotatable bonds is 11. The molecule has 0 spiro atoms. The molecule has 0 aromatic carbocycles. The molecule has 54 heavy (non-hydrogen) atoms. The Hall–Kier alpha value is -1.09. The summed E-state index contributed by atoms with van der Waals surface area (Å²) in [5.74, 6) is -2.48. The number of nitrogens with zero attached hydrogens (tertiary/aromatic N) is 1. The largest absolute Gasteiger partial charge is 0.462 e. The Kier molecular flexibility index (Phi) is 19.4. The van der Waals surface area contributed by atoms with Crippen molar-refractivity contribution in [3.8, 4) is 0 Å². The van der Waals surface area contributed by atoms with Crippen molar-refractivity contribution in [2.45, 2.75) is 147 Å². The molecule has 0 radical (unpaired) electrons. The van der Waals surface area contributed by atoms with E-state index in [2.05, 4.69) is 22.6 Å². The van der Waals surface area contributed by atoms with Crippen LogP contribution in [0.1, 0.15) is 67.2 Å². The van der Waals surface area contributed by atoms with E-state index in [0.717, 1.165) is 10.0 Å². The zero-order chi connectivity index (χ0) is 40.4. The summed E-state index contributed by atoms with van der Waals surface area (Å²) in [5, 5.41) is 44.4. The van der Waals surface area contributed by atoms with Gasteiger partial charge in [-0.1, -0.05) is 61.1 Å². The summed E-state index contributed by atoms with van der Waals surface area (Å²) in [6.07, 6.45) is -4.06. The summed E-state index contributed by atoms with van der Waals surface area (Å²) >= 11 is 2.27. The van der Waals surface area contributed by atoms with Gasteiger partial charge < -0.3 is 58.5 Å². The number of alkyl halides is 1. The molecule has 0 unspecified atom stereocenters. The minimum absolute atomic E-state index is 0.0444. The Morgan fingerprint density at radius 2 is 1.52 bits per heavy atom. The summed E-state index contributed by atoms with van der Waals surface area (Å²) < 4.78 is 42.7. The molecule has 2 fully saturated rings.